The van der Waals surface area contributed by atoms with Crippen LogP contribution in [0.2, 0.25) is 0 Å². The molecule has 0 radical (unpaired) electrons. The fourth-order valence-corrected chi connectivity index (χ4v) is 10.1. The maximum absolute atomic E-state index is 12.2. The quantitative estimate of drug-likeness (QED) is 0.146. The average Bonchev–Trinajstić information content (AvgIpc) is 3.26. The van der Waals surface area contributed by atoms with Crippen molar-refractivity contribution in [3.8, 4) is 0 Å². The zero-order valence-corrected chi connectivity index (χ0v) is 41.4. The molecule has 6 aliphatic rings. The van der Waals surface area contributed by atoms with Crippen LogP contribution < -0.4 is 47.1 Å². The van der Waals surface area contributed by atoms with Gasteiger partial charge in [0.25, 0.3) is 0 Å². The predicted molar refractivity (Wildman–Crippen MR) is 245 cm³/mol. The van der Waals surface area contributed by atoms with Crippen LogP contribution in [0.1, 0.15) is 92.1 Å². The molecule has 0 fully saturated rings. The third kappa shape index (κ3) is 12.0. The van der Waals surface area contributed by atoms with Crippen molar-refractivity contribution in [2.24, 2.45) is 11.8 Å². The number of halogens is 1. The number of ether oxygens (including phenoxy) is 1. The predicted octanol–water partition coefficient (Wildman–Crippen LogP) is 3.11. The molecule has 330 valence electrons. The molecule has 0 saturated heterocycles. The van der Waals surface area contributed by atoms with Crippen LogP contribution in [0.5, 0.6) is 0 Å². The van der Waals surface area contributed by atoms with E-state index in [0.29, 0.717) is 12.3 Å². The second-order valence-electron chi connectivity index (χ2n) is 19.0. The fraction of sp³-hybridized carbons (Fsp3) is 0.309. The molecule has 6 aromatic carbocycles. The molecule has 0 heterocycles. The van der Waals surface area contributed by atoms with Gasteiger partial charge in [-0.3, -0.25) is 4.79 Å². The number of carbonyl (C=O) groups is 2. The molecule has 12 rings (SSSR count). The minimum absolute atomic E-state index is 0. The summed E-state index contributed by atoms with van der Waals surface area (Å²) in [5.41, 5.74) is 13.1. The number of aliphatic carboxylic acids is 1. The van der Waals surface area contributed by atoms with Gasteiger partial charge in [0.05, 0.1) is 55.3 Å². The third-order valence-electron chi connectivity index (χ3n) is 12.4. The molecule has 64 heavy (non-hydrogen) atoms. The maximum Gasteiger partial charge on any atom is 1.00 e. The topological polar surface area (TPSA) is 96.4 Å². The van der Waals surface area contributed by atoms with Crippen LogP contribution in [0.25, 0.3) is 0 Å². The Balaban J connectivity index is 0.000000191. The second kappa shape index (κ2) is 22.6. The average molecular weight is 890 g/mol. The van der Waals surface area contributed by atoms with Gasteiger partial charge in [0, 0.05) is 46.7 Å². The number of carboxylic acid groups (broad SMARTS) is 1. The Labute approximate surface area is 409 Å². The summed E-state index contributed by atoms with van der Waals surface area (Å²) in [4.78, 5) is 23.6. The summed E-state index contributed by atoms with van der Waals surface area (Å²) >= 11 is 0. The van der Waals surface area contributed by atoms with Crippen molar-refractivity contribution in [3.05, 3.63) is 213 Å². The number of esters is 1. The van der Waals surface area contributed by atoms with Crippen molar-refractivity contribution in [3.63, 3.8) is 0 Å². The van der Waals surface area contributed by atoms with Gasteiger partial charge >= 0.3 is 35.5 Å². The van der Waals surface area contributed by atoms with E-state index in [1.807, 2.05) is 24.3 Å². The van der Waals surface area contributed by atoms with E-state index in [0.717, 1.165) is 28.5 Å². The monoisotopic (exact) mass is 888 g/mol. The Kier molecular flexibility index (Phi) is 18.3. The van der Waals surface area contributed by atoms with Crippen LogP contribution in [0.15, 0.2) is 158 Å². The molecule has 2 atom stereocenters. The molecule has 2 unspecified atom stereocenters. The van der Waals surface area contributed by atoms with Crippen molar-refractivity contribution >= 4 is 11.9 Å². The van der Waals surface area contributed by atoms with E-state index in [2.05, 4.69) is 176 Å². The van der Waals surface area contributed by atoms with Gasteiger partial charge in [-0.05, 0) is 57.3 Å². The Morgan fingerprint density at radius 2 is 0.750 bits per heavy atom. The van der Waals surface area contributed by atoms with Crippen LogP contribution >= 0.6 is 0 Å². The Morgan fingerprint density at radius 3 is 1.03 bits per heavy atom. The normalized spacial score (nSPS) is 19.9. The van der Waals surface area contributed by atoms with Gasteiger partial charge in [-0.2, -0.15) is 0 Å². The number of quaternary nitrogens is 2. The molecule has 0 spiro atoms. The fourth-order valence-electron chi connectivity index (χ4n) is 10.1. The first kappa shape index (κ1) is 52.1. The second-order valence-corrected chi connectivity index (χ2v) is 19.0. The zero-order chi connectivity index (χ0) is 43.3. The van der Waals surface area contributed by atoms with E-state index in [4.69, 9.17) is 4.74 Å². The van der Waals surface area contributed by atoms with Crippen molar-refractivity contribution in [1.29, 1.82) is 0 Å². The van der Waals surface area contributed by atoms with Gasteiger partial charge < -0.3 is 41.5 Å². The van der Waals surface area contributed by atoms with Crippen LogP contribution in [-0.2, 0) is 27.4 Å². The van der Waals surface area contributed by atoms with E-state index >= 15 is 0 Å². The Morgan fingerprint density at radius 1 is 0.484 bits per heavy atom. The summed E-state index contributed by atoms with van der Waals surface area (Å²) in [6.45, 7) is 2.20. The number of carboxylic acids is 1. The minimum atomic E-state index is -0.918. The SMILES string of the molecule is COC(=O)C1CC2c3ccccc3C1c1ccccc12.C[N+](C)(C)Cc1ccccc1.C[N+](C)(C)Cc1ccccc1.O=C([O-])C1CC2c3ccccc3C1c1ccccc12.[Cl-].[Na+].[OH-]. The van der Waals surface area contributed by atoms with E-state index in [1.54, 1.807) is 0 Å². The first-order chi connectivity index (χ1) is 29.2. The van der Waals surface area contributed by atoms with Gasteiger partial charge in [0.15, 0.2) is 0 Å². The number of fused-ring (bicyclic) bond motifs is 2. The maximum atomic E-state index is 12.2. The van der Waals surface area contributed by atoms with Crippen LogP contribution in [-0.4, -0.2) is 75.8 Å². The smallest absolute Gasteiger partial charge is 1.00 e. The van der Waals surface area contributed by atoms with Crippen molar-refractivity contribution in [2.45, 2.75) is 49.6 Å². The van der Waals surface area contributed by atoms with Gasteiger partial charge in [-0.15, -0.1) is 0 Å². The molecule has 0 amide bonds. The molecular formula is C55H62ClN2NaO5. The van der Waals surface area contributed by atoms with E-state index in [-0.39, 0.29) is 77.1 Å². The minimum Gasteiger partial charge on any atom is -1.00 e. The van der Waals surface area contributed by atoms with Crippen molar-refractivity contribution in [1.82, 2.24) is 0 Å². The zero-order valence-electron chi connectivity index (χ0n) is 38.7. The van der Waals surface area contributed by atoms with Crippen LogP contribution in [0.3, 0.4) is 0 Å². The number of rotatable bonds is 6. The van der Waals surface area contributed by atoms with Gasteiger partial charge in [0.2, 0.25) is 0 Å². The summed E-state index contributed by atoms with van der Waals surface area (Å²) in [6, 6.07) is 54.7. The summed E-state index contributed by atoms with van der Waals surface area (Å²) in [5, 5.41) is 11.5. The van der Waals surface area contributed by atoms with Crippen molar-refractivity contribution < 1.29 is 75.8 Å². The molecular weight excluding hydrogens is 827 g/mol. The Bertz CT molecular complexity index is 2300. The van der Waals surface area contributed by atoms with E-state index < -0.39 is 11.9 Å². The van der Waals surface area contributed by atoms with Crippen molar-refractivity contribution in [2.75, 3.05) is 49.4 Å². The third-order valence-corrected chi connectivity index (χ3v) is 12.4. The van der Waals surface area contributed by atoms with Gasteiger partial charge in [-0.1, -0.05) is 158 Å². The van der Waals surface area contributed by atoms with Gasteiger partial charge in [-0.25, -0.2) is 0 Å². The van der Waals surface area contributed by atoms with E-state index in [9.17, 15) is 14.7 Å². The molecule has 6 aromatic rings. The van der Waals surface area contributed by atoms with Crippen LogP contribution in [0, 0.1) is 11.8 Å². The number of hydrogen-bond acceptors (Lipinski definition) is 5. The molecule has 4 bridgehead atoms. The summed E-state index contributed by atoms with van der Waals surface area (Å²) in [7, 11) is 14.7. The number of benzene rings is 6. The largest absolute Gasteiger partial charge is 1.00 e. The van der Waals surface area contributed by atoms with Gasteiger partial charge in [0.1, 0.15) is 13.1 Å². The number of hydrogen-bond donors (Lipinski definition) is 0. The number of methoxy groups -OCH3 is 1. The first-order valence-corrected chi connectivity index (χ1v) is 21.6. The molecule has 0 aliphatic heterocycles. The Hall–Kier alpha value is -4.57. The molecule has 1 N–H and O–H groups in total. The molecule has 0 saturated carbocycles. The molecule has 6 aliphatic carbocycles. The van der Waals surface area contributed by atoms with Crippen LogP contribution in [0.4, 0.5) is 0 Å². The van der Waals surface area contributed by atoms with E-state index in [1.165, 1.54) is 62.7 Å². The molecule has 7 nitrogen and oxygen atoms in total. The molecule has 0 aromatic heterocycles. The molecule has 9 heteroatoms. The summed E-state index contributed by atoms with van der Waals surface area (Å²) in [6.07, 6.45) is 1.53. The summed E-state index contributed by atoms with van der Waals surface area (Å²) in [5.74, 6) is -0.785. The number of nitrogens with zero attached hydrogens (tertiary/aromatic N) is 2. The number of carbonyl (C=O) groups excluding carboxylic acids is 2. The standard InChI is InChI=1S/C18H16O2.C17H14O2.2C10H16N.ClH.Na.H2O/c1-20-18(19)16-10-15-11-6-2-4-8-13(11)17(16)14-9-5-3-7-12(14)15;18-17(19)15-9-14-10-5-1-3-7-12(10)16(15)13-8-4-2-6-11(13)14;2*1-11(2,3)9-10-7-5-4-6-8-10;;;/h2-9,15-17H,10H2,1H3;1-8,14-16H,9H2,(H,18,19);2*4-8H,9H2,1-3H3;1H;;1H2/q;;2*+1;;+1;/p-3. The summed E-state index contributed by atoms with van der Waals surface area (Å²) < 4.78 is 7.01. The first-order valence-electron chi connectivity index (χ1n) is 21.6.